The first-order valence-corrected chi connectivity index (χ1v) is 8.17. The molecule has 2 rings (SSSR count). The van der Waals surface area contributed by atoms with Crippen molar-refractivity contribution in [3.05, 3.63) is 40.2 Å². The van der Waals surface area contributed by atoms with Crippen LogP contribution >= 0.6 is 11.8 Å². The van der Waals surface area contributed by atoms with Crippen LogP contribution in [-0.4, -0.2) is 44.1 Å². The summed E-state index contributed by atoms with van der Waals surface area (Å²) in [5, 5.41) is 19.6. The number of amides is 1. The molecule has 1 amide bonds. The average Bonchev–Trinajstić information content (AvgIpc) is 2.91. The number of nitro groups is 1. The molecule has 0 N–H and O–H groups in total. The van der Waals surface area contributed by atoms with Gasteiger partial charge in [-0.2, -0.15) is 0 Å². The second kappa shape index (κ2) is 7.43. The predicted octanol–water partition coefficient (Wildman–Crippen LogP) is 2.60. The molecular weight excluding hydrogens is 330 g/mol. The summed E-state index contributed by atoms with van der Waals surface area (Å²) in [6.45, 7) is 4.60. The molecule has 8 nitrogen and oxygen atoms in total. The van der Waals surface area contributed by atoms with Gasteiger partial charge >= 0.3 is 0 Å². The van der Waals surface area contributed by atoms with Crippen LogP contribution in [0.2, 0.25) is 0 Å². The Kier molecular flexibility index (Phi) is 5.55. The lowest BCUT2D eigenvalue weighted by atomic mass is 10.1. The summed E-state index contributed by atoms with van der Waals surface area (Å²) >= 11 is 1.14. The second-order valence-corrected chi connectivity index (χ2v) is 6.85. The zero-order valence-corrected chi connectivity index (χ0v) is 14.8. The Labute approximate surface area is 144 Å². The molecule has 1 aromatic heterocycles. The van der Waals surface area contributed by atoms with Crippen LogP contribution in [-0.2, 0) is 7.05 Å². The molecule has 0 atom stereocenters. The first kappa shape index (κ1) is 17.9. The number of nitro benzene ring substituents is 1. The molecule has 0 unspecified atom stereocenters. The maximum atomic E-state index is 12.4. The summed E-state index contributed by atoms with van der Waals surface area (Å²) in [7, 11) is 3.45. The van der Waals surface area contributed by atoms with Crippen molar-refractivity contribution in [2.45, 2.75) is 23.9 Å². The average molecular weight is 349 g/mol. The Balaban J connectivity index is 2.31. The van der Waals surface area contributed by atoms with E-state index in [1.54, 1.807) is 35.7 Å². The fourth-order valence-electron chi connectivity index (χ4n) is 2.19. The number of hydrogen-bond acceptors (Lipinski definition) is 6. The fraction of sp³-hybridized carbons (Fsp3) is 0.400. The maximum absolute atomic E-state index is 12.4. The Hall–Kier alpha value is -2.42. The zero-order chi connectivity index (χ0) is 17.9. The molecule has 24 heavy (non-hydrogen) atoms. The van der Waals surface area contributed by atoms with Crippen LogP contribution in [0.4, 0.5) is 5.69 Å². The quantitative estimate of drug-likeness (QED) is 0.588. The molecule has 1 aromatic carbocycles. The van der Waals surface area contributed by atoms with E-state index in [0.29, 0.717) is 28.1 Å². The van der Waals surface area contributed by atoms with Gasteiger partial charge in [-0.3, -0.25) is 14.9 Å². The molecule has 0 aliphatic heterocycles. The molecule has 0 bridgehead atoms. The number of aromatic nitrogens is 3. The fourth-order valence-corrected chi connectivity index (χ4v) is 3.04. The summed E-state index contributed by atoms with van der Waals surface area (Å²) in [5.74, 6) is 0.0849. The first-order chi connectivity index (χ1) is 11.3. The highest BCUT2D eigenvalue weighted by Gasteiger charge is 2.21. The van der Waals surface area contributed by atoms with E-state index in [0.717, 1.165) is 11.8 Å². The van der Waals surface area contributed by atoms with Gasteiger partial charge in [-0.1, -0.05) is 13.8 Å². The summed E-state index contributed by atoms with van der Waals surface area (Å²) in [4.78, 5) is 25.3. The number of benzene rings is 1. The van der Waals surface area contributed by atoms with Crippen molar-refractivity contribution in [2.75, 3.05) is 13.6 Å². The van der Waals surface area contributed by atoms with Crippen molar-refractivity contribution < 1.29 is 9.72 Å². The van der Waals surface area contributed by atoms with E-state index < -0.39 is 4.92 Å². The van der Waals surface area contributed by atoms with Crippen LogP contribution in [0.25, 0.3) is 0 Å². The molecule has 128 valence electrons. The molecule has 0 radical (unpaired) electrons. The number of carbonyl (C=O) groups excluding carboxylic acids is 1. The van der Waals surface area contributed by atoms with Crippen molar-refractivity contribution in [2.24, 2.45) is 13.0 Å². The zero-order valence-electron chi connectivity index (χ0n) is 14.0. The Bertz CT molecular complexity index is 759. The van der Waals surface area contributed by atoms with Crippen LogP contribution in [0.3, 0.4) is 0 Å². The van der Waals surface area contributed by atoms with Gasteiger partial charge in [0.05, 0.1) is 9.82 Å². The molecule has 0 saturated heterocycles. The second-order valence-electron chi connectivity index (χ2n) is 5.85. The Morgan fingerprint density at radius 2 is 2.17 bits per heavy atom. The number of hydrogen-bond donors (Lipinski definition) is 0. The maximum Gasteiger partial charge on any atom is 0.284 e. The van der Waals surface area contributed by atoms with Gasteiger partial charge in [-0.05, 0) is 29.8 Å². The summed E-state index contributed by atoms with van der Waals surface area (Å²) in [6, 6.07) is 4.50. The highest BCUT2D eigenvalue weighted by Crippen LogP contribution is 2.34. The lowest BCUT2D eigenvalue weighted by molar-refractivity contribution is -0.387. The normalized spacial score (nSPS) is 10.9. The third kappa shape index (κ3) is 4.10. The SMILES string of the molecule is CC(C)CN(C)C(=O)c1ccc(Sc2nncn2C)c([N+](=O)[O-])c1. The lowest BCUT2D eigenvalue weighted by Gasteiger charge is -2.19. The third-order valence-corrected chi connectivity index (χ3v) is 4.38. The highest BCUT2D eigenvalue weighted by molar-refractivity contribution is 7.99. The molecule has 0 aliphatic rings. The van der Waals surface area contributed by atoms with Crippen molar-refractivity contribution >= 4 is 23.4 Å². The topological polar surface area (TPSA) is 94.2 Å². The monoisotopic (exact) mass is 349 g/mol. The van der Waals surface area contributed by atoms with Crippen LogP contribution in [0.15, 0.2) is 34.6 Å². The summed E-state index contributed by atoms with van der Waals surface area (Å²) in [5.41, 5.74) is 0.180. The van der Waals surface area contributed by atoms with Gasteiger partial charge in [-0.25, -0.2) is 0 Å². The first-order valence-electron chi connectivity index (χ1n) is 7.35. The highest BCUT2D eigenvalue weighted by atomic mass is 32.2. The van der Waals surface area contributed by atoms with Crippen molar-refractivity contribution in [1.82, 2.24) is 19.7 Å². The van der Waals surface area contributed by atoms with Gasteiger partial charge in [0.25, 0.3) is 11.6 Å². The summed E-state index contributed by atoms with van der Waals surface area (Å²) < 4.78 is 1.67. The van der Waals surface area contributed by atoms with Gasteiger partial charge < -0.3 is 9.47 Å². The van der Waals surface area contributed by atoms with E-state index in [1.165, 1.54) is 12.4 Å². The molecule has 0 aliphatic carbocycles. The smallest absolute Gasteiger partial charge is 0.284 e. The van der Waals surface area contributed by atoms with E-state index in [9.17, 15) is 14.9 Å². The van der Waals surface area contributed by atoms with Gasteiger partial charge in [-0.15, -0.1) is 10.2 Å². The number of rotatable bonds is 6. The number of carbonyl (C=O) groups is 1. The Morgan fingerprint density at radius 3 is 2.71 bits per heavy atom. The largest absolute Gasteiger partial charge is 0.341 e. The predicted molar refractivity (Wildman–Crippen MR) is 90.0 cm³/mol. The van der Waals surface area contributed by atoms with Crippen LogP contribution in [0, 0.1) is 16.0 Å². The van der Waals surface area contributed by atoms with Crippen LogP contribution < -0.4 is 0 Å². The molecule has 0 saturated carbocycles. The van der Waals surface area contributed by atoms with Crippen molar-refractivity contribution in [3.63, 3.8) is 0 Å². The van der Waals surface area contributed by atoms with E-state index in [4.69, 9.17) is 0 Å². The minimum absolute atomic E-state index is 0.119. The van der Waals surface area contributed by atoms with Crippen LogP contribution in [0.5, 0.6) is 0 Å². The Morgan fingerprint density at radius 1 is 1.46 bits per heavy atom. The molecule has 2 aromatic rings. The van der Waals surface area contributed by atoms with Crippen molar-refractivity contribution in [3.8, 4) is 0 Å². The summed E-state index contributed by atoms with van der Waals surface area (Å²) in [6.07, 6.45) is 1.52. The molecule has 0 spiro atoms. The van der Waals surface area contributed by atoms with Crippen LogP contribution in [0.1, 0.15) is 24.2 Å². The minimum Gasteiger partial charge on any atom is -0.341 e. The van der Waals surface area contributed by atoms with Gasteiger partial charge in [0.1, 0.15) is 6.33 Å². The van der Waals surface area contributed by atoms with Gasteiger partial charge in [0.2, 0.25) is 0 Å². The van der Waals surface area contributed by atoms with E-state index in [1.807, 2.05) is 13.8 Å². The van der Waals surface area contributed by atoms with Gasteiger partial charge in [0, 0.05) is 32.3 Å². The molecule has 1 heterocycles. The number of nitrogens with zero attached hydrogens (tertiary/aromatic N) is 5. The van der Waals surface area contributed by atoms with Crippen molar-refractivity contribution in [1.29, 1.82) is 0 Å². The lowest BCUT2D eigenvalue weighted by Crippen LogP contribution is -2.30. The molecular formula is C15H19N5O3S. The molecule has 0 fully saturated rings. The number of aryl methyl sites for hydroxylation is 1. The third-order valence-electron chi connectivity index (χ3n) is 3.26. The standard InChI is InChI=1S/C15H19N5O3S/c1-10(2)8-18(3)14(21)11-5-6-13(12(7-11)20(22)23)24-15-17-16-9-19(15)4/h5-7,9-10H,8H2,1-4H3. The van der Waals surface area contributed by atoms with E-state index >= 15 is 0 Å². The van der Waals surface area contributed by atoms with E-state index in [2.05, 4.69) is 10.2 Å². The minimum atomic E-state index is -0.488. The van der Waals surface area contributed by atoms with E-state index in [-0.39, 0.29) is 11.6 Å². The van der Waals surface area contributed by atoms with Gasteiger partial charge in [0.15, 0.2) is 5.16 Å². The molecule has 9 heteroatoms.